The van der Waals surface area contributed by atoms with Crippen LogP contribution < -0.4 is 14.5 Å². The number of nitrogens with one attached hydrogen (secondary N) is 1. The molecule has 1 aliphatic rings. The molecule has 5 rings (SSSR count). The molecule has 0 amide bonds. The van der Waals surface area contributed by atoms with E-state index in [0.29, 0.717) is 6.67 Å². The monoisotopic (exact) mass is 573 g/mol. The first-order valence-electron chi connectivity index (χ1n) is 13.4. The summed E-state index contributed by atoms with van der Waals surface area (Å²) in [5.74, 6) is -0.162. The number of carboxylic acids is 1. The van der Waals surface area contributed by atoms with E-state index in [9.17, 15) is 9.90 Å². The maximum absolute atomic E-state index is 11.8. The molecule has 0 saturated heterocycles. The van der Waals surface area contributed by atoms with E-state index in [1.807, 2.05) is 31.3 Å². The Kier molecular flexibility index (Phi) is 9.80. The van der Waals surface area contributed by atoms with Gasteiger partial charge in [0.2, 0.25) is 0 Å². The van der Waals surface area contributed by atoms with E-state index in [2.05, 4.69) is 90.7 Å². The minimum absolute atomic E-state index is 0.0857. The number of nitrogens with zero attached hydrogens (tertiary/aromatic N) is 2. The zero-order chi connectivity index (χ0) is 28.8. The van der Waals surface area contributed by atoms with Gasteiger partial charge in [-0.3, -0.25) is 0 Å². The Morgan fingerprint density at radius 2 is 1.73 bits per heavy atom. The van der Waals surface area contributed by atoms with Crippen LogP contribution >= 0.6 is 23.5 Å². The third kappa shape index (κ3) is 6.81. The van der Waals surface area contributed by atoms with Crippen molar-refractivity contribution < 1.29 is 9.90 Å². The molecule has 0 radical (unpaired) electrons. The van der Waals surface area contributed by atoms with Crippen LogP contribution in [0.3, 0.4) is 0 Å². The average Bonchev–Trinajstić information content (AvgIpc) is 2.97. The summed E-state index contributed by atoms with van der Waals surface area (Å²) < 4.78 is 3.41. The summed E-state index contributed by atoms with van der Waals surface area (Å²) in [5.41, 5.74) is 7.18. The van der Waals surface area contributed by atoms with E-state index in [-0.39, 0.29) is 10.6 Å². The fourth-order valence-corrected chi connectivity index (χ4v) is 5.22. The van der Waals surface area contributed by atoms with Crippen molar-refractivity contribution in [2.24, 2.45) is 5.92 Å². The fraction of sp³-hybridized carbons (Fsp3) is 0.242. The van der Waals surface area contributed by atoms with Crippen LogP contribution in [-0.4, -0.2) is 24.8 Å². The second-order valence-electron chi connectivity index (χ2n) is 10.2. The Morgan fingerprint density at radius 3 is 2.35 bits per heavy atom. The molecule has 0 aliphatic carbocycles. The molecule has 40 heavy (non-hydrogen) atoms. The zero-order valence-corrected chi connectivity index (χ0v) is 25.2. The van der Waals surface area contributed by atoms with Crippen molar-refractivity contribution in [2.75, 3.05) is 23.5 Å². The van der Waals surface area contributed by atoms with E-state index >= 15 is 0 Å². The Bertz CT molecular complexity index is 1460. The molecule has 0 saturated carbocycles. The van der Waals surface area contributed by atoms with Crippen molar-refractivity contribution in [3.63, 3.8) is 0 Å². The van der Waals surface area contributed by atoms with Gasteiger partial charge in [-0.2, -0.15) is 0 Å². The van der Waals surface area contributed by atoms with Crippen molar-refractivity contribution in [3.8, 4) is 11.1 Å². The SMILES string of the molecule is CCC(C)C.Cc1ccc(N(C)c2cc3c(cc2-c2ccc(Cl)c(C(=O)O)c2)SNCN3c2ccccc2)cc1. The van der Waals surface area contributed by atoms with E-state index in [4.69, 9.17) is 11.6 Å². The highest BCUT2D eigenvalue weighted by atomic mass is 35.5. The molecule has 0 aromatic heterocycles. The van der Waals surface area contributed by atoms with Crippen molar-refractivity contribution in [1.82, 2.24) is 4.72 Å². The molecule has 208 valence electrons. The summed E-state index contributed by atoms with van der Waals surface area (Å²) in [5, 5.41) is 9.88. The molecule has 5 nitrogen and oxygen atoms in total. The van der Waals surface area contributed by atoms with Crippen LogP contribution in [0.5, 0.6) is 0 Å². The minimum Gasteiger partial charge on any atom is -0.478 e. The molecule has 1 heterocycles. The number of rotatable bonds is 6. The molecule has 0 spiro atoms. The first-order valence-corrected chi connectivity index (χ1v) is 14.6. The van der Waals surface area contributed by atoms with Crippen LogP contribution in [0.4, 0.5) is 22.7 Å². The summed E-state index contributed by atoms with van der Waals surface area (Å²) in [6.07, 6.45) is 1.31. The minimum atomic E-state index is -1.05. The van der Waals surface area contributed by atoms with Gasteiger partial charge in [0.1, 0.15) is 0 Å². The summed E-state index contributed by atoms with van der Waals surface area (Å²) in [6, 6.07) is 28.1. The molecule has 4 aromatic rings. The average molecular weight is 574 g/mol. The lowest BCUT2D eigenvalue weighted by molar-refractivity contribution is 0.0697. The van der Waals surface area contributed by atoms with Gasteiger partial charge in [0.15, 0.2) is 0 Å². The highest BCUT2D eigenvalue weighted by Gasteiger charge is 2.24. The molecule has 7 heteroatoms. The predicted octanol–water partition coefficient (Wildman–Crippen LogP) is 9.54. The molecule has 4 aromatic carbocycles. The van der Waals surface area contributed by atoms with Gasteiger partial charge in [0, 0.05) is 28.9 Å². The van der Waals surface area contributed by atoms with Crippen molar-refractivity contribution in [1.29, 1.82) is 0 Å². The molecular formula is C33H36ClN3O2S. The normalized spacial score (nSPS) is 12.4. The number of para-hydroxylation sites is 1. The highest BCUT2D eigenvalue weighted by molar-refractivity contribution is 7.97. The van der Waals surface area contributed by atoms with E-state index in [0.717, 1.165) is 44.7 Å². The maximum atomic E-state index is 11.8. The quantitative estimate of drug-likeness (QED) is 0.224. The largest absolute Gasteiger partial charge is 0.478 e. The number of hydrogen-bond acceptors (Lipinski definition) is 5. The lowest BCUT2D eigenvalue weighted by Gasteiger charge is -2.34. The lowest BCUT2D eigenvalue weighted by Crippen LogP contribution is -2.31. The van der Waals surface area contributed by atoms with Crippen molar-refractivity contribution >= 4 is 52.3 Å². The molecule has 0 fully saturated rings. The first kappa shape index (κ1) is 29.5. The Morgan fingerprint density at radius 1 is 1.05 bits per heavy atom. The van der Waals surface area contributed by atoms with Gasteiger partial charge in [-0.15, -0.1) is 0 Å². The van der Waals surface area contributed by atoms with Gasteiger partial charge in [-0.1, -0.05) is 80.8 Å². The highest BCUT2D eigenvalue weighted by Crippen LogP contribution is 2.45. The first-order chi connectivity index (χ1) is 19.2. The predicted molar refractivity (Wildman–Crippen MR) is 171 cm³/mol. The number of aryl methyl sites for hydroxylation is 1. The number of carbonyl (C=O) groups is 1. The van der Waals surface area contributed by atoms with Crippen LogP contribution in [0.1, 0.15) is 43.1 Å². The van der Waals surface area contributed by atoms with Crippen molar-refractivity contribution in [3.05, 3.63) is 101 Å². The van der Waals surface area contributed by atoms with Crippen LogP contribution in [-0.2, 0) is 0 Å². The van der Waals surface area contributed by atoms with Crippen LogP contribution in [0.25, 0.3) is 11.1 Å². The summed E-state index contributed by atoms with van der Waals surface area (Å²) in [4.78, 5) is 17.2. The van der Waals surface area contributed by atoms with Gasteiger partial charge >= 0.3 is 5.97 Å². The second kappa shape index (κ2) is 13.3. The smallest absolute Gasteiger partial charge is 0.337 e. The van der Waals surface area contributed by atoms with E-state index in [1.165, 1.54) is 12.0 Å². The van der Waals surface area contributed by atoms with E-state index in [1.54, 1.807) is 24.1 Å². The number of benzene rings is 4. The van der Waals surface area contributed by atoms with Gasteiger partial charge in [-0.25, -0.2) is 9.52 Å². The fourth-order valence-electron chi connectivity index (χ4n) is 4.22. The Balaban J connectivity index is 0.000000681. The maximum Gasteiger partial charge on any atom is 0.337 e. The Labute approximate surface area is 246 Å². The summed E-state index contributed by atoms with van der Waals surface area (Å²) in [7, 11) is 2.03. The number of carboxylic acid groups (broad SMARTS) is 1. The lowest BCUT2D eigenvalue weighted by atomic mass is 9.99. The topological polar surface area (TPSA) is 55.8 Å². The van der Waals surface area contributed by atoms with Gasteiger partial charge in [-0.05, 0) is 78.9 Å². The standard InChI is InChI=1S/C28H24ClN3O2S.C5H12/c1-18-8-11-20(12-9-18)31(2)25-16-26-27(35-30-17-32(26)21-6-4-3-5-7-21)15-22(25)19-10-13-24(29)23(14-19)28(33)34;1-4-5(2)3/h3-16,30H,17H2,1-2H3,(H,33,34);5H,4H2,1-3H3. The number of halogens is 1. The Hall–Kier alpha value is -3.45. The van der Waals surface area contributed by atoms with Gasteiger partial charge < -0.3 is 14.9 Å². The molecule has 1 aliphatic heterocycles. The van der Waals surface area contributed by atoms with Crippen LogP contribution in [0.15, 0.2) is 89.8 Å². The van der Waals surface area contributed by atoms with E-state index < -0.39 is 5.97 Å². The molecule has 0 atom stereocenters. The third-order valence-corrected chi connectivity index (χ3v) is 8.10. The number of anilines is 4. The third-order valence-electron chi connectivity index (χ3n) is 6.95. The molecular weight excluding hydrogens is 538 g/mol. The van der Waals surface area contributed by atoms with Crippen LogP contribution in [0, 0.1) is 12.8 Å². The van der Waals surface area contributed by atoms with Gasteiger partial charge in [0.25, 0.3) is 0 Å². The number of fused-ring (bicyclic) bond motifs is 1. The summed E-state index contributed by atoms with van der Waals surface area (Å²) >= 11 is 7.76. The number of hydrogen-bond donors (Lipinski definition) is 2. The van der Waals surface area contributed by atoms with Gasteiger partial charge in [0.05, 0.1) is 28.6 Å². The zero-order valence-electron chi connectivity index (χ0n) is 23.6. The molecule has 0 unspecified atom stereocenters. The summed E-state index contributed by atoms with van der Waals surface area (Å²) in [6.45, 7) is 9.38. The van der Waals surface area contributed by atoms with Crippen molar-refractivity contribution in [2.45, 2.75) is 39.0 Å². The molecule has 0 bridgehead atoms. The number of aromatic carboxylic acids is 1. The van der Waals surface area contributed by atoms with Crippen LogP contribution in [0.2, 0.25) is 5.02 Å². The second-order valence-corrected chi connectivity index (χ2v) is 11.5. The molecule has 2 N–H and O–H groups in total.